The number of H-pyrrole nitrogens is 1. The Morgan fingerprint density at radius 2 is 1.81 bits per heavy atom. The number of benzene rings is 2. The first-order valence-electron chi connectivity index (χ1n) is 13.6. The van der Waals surface area contributed by atoms with E-state index >= 15 is 0 Å². The lowest BCUT2D eigenvalue weighted by atomic mass is 9.87. The molecule has 0 saturated carbocycles. The van der Waals surface area contributed by atoms with E-state index in [-0.39, 0.29) is 23.7 Å². The summed E-state index contributed by atoms with van der Waals surface area (Å²) in [6, 6.07) is 14.6. The summed E-state index contributed by atoms with van der Waals surface area (Å²) in [5.41, 5.74) is 5.91. The summed E-state index contributed by atoms with van der Waals surface area (Å²) in [5.74, 6) is -0.400. The molecule has 0 spiro atoms. The van der Waals surface area contributed by atoms with E-state index in [1.54, 1.807) is 0 Å². The maximum atomic E-state index is 13.5. The number of piperidine rings is 1. The molecule has 3 N–H and O–H groups in total. The fourth-order valence-corrected chi connectivity index (χ4v) is 5.85. The van der Waals surface area contributed by atoms with Crippen LogP contribution in [0.15, 0.2) is 48.7 Å². The molecule has 2 amide bonds. The minimum atomic E-state index is -0.246. The van der Waals surface area contributed by atoms with E-state index in [1.807, 2.05) is 32.3 Å². The number of fused-ring (bicyclic) bond motifs is 2. The molecule has 1 aliphatic carbocycles. The number of nitrogens with one attached hydrogen (secondary N) is 3. The Morgan fingerprint density at radius 1 is 1.03 bits per heavy atom. The van der Waals surface area contributed by atoms with Gasteiger partial charge >= 0.3 is 0 Å². The number of aryl methyl sites for hydroxylation is 2. The maximum Gasteiger partial charge on any atom is 0.228 e. The van der Waals surface area contributed by atoms with Gasteiger partial charge in [-0.2, -0.15) is 0 Å². The molecule has 1 saturated heterocycles. The van der Waals surface area contributed by atoms with Crippen molar-refractivity contribution in [2.75, 3.05) is 45.6 Å². The highest BCUT2D eigenvalue weighted by molar-refractivity contribution is 5.93. The Bertz CT molecular complexity index is 1250. The van der Waals surface area contributed by atoms with Crippen LogP contribution in [-0.4, -0.2) is 66.9 Å². The number of hydrogen-bond acceptors (Lipinski definition) is 4. The number of amides is 2. The summed E-state index contributed by atoms with van der Waals surface area (Å²) in [7, 11) is 4.07. The highest BCUT2D eigenvalue weighted by Crippen LogP contribution is 2.29. The van der Waals surface area contributed by atoms with Crippen molar-refractivity contribution in [2.45, 2.75) is 38.6 Å². The fourth-order valence-electron chi connectivity index (χ4n) is 5.85. The summed E-state index contributed by atoms with van der Waals surface area (Å²) in [6.45, 7) is 3.59. The number of aromatic nitrogens is 1. The SMILES string of the molecule is CN(C)CCCNC(=O)[C@H]1C[C@@H](C(=O)Nc2ccc3c(c2)CCC3)CN(Cc2c[nH]c3ccccc23)C1. The average Bonchev–Trinajstić information content (AvgIpc) is 3.53. The number of carbonyl (C=O) groups excluding carboxylic acids is 2. The van der Waals surface area contributed by atoms with Gasteiger partial charge in [-0.3, -0.25) is 14.5 Å². The molecule has 196 valence electrons. The third-order valence-corrected chi connectivity index (χ3v) is 7.78. The lowest BCUT2D eigenvalue weighted by molar-refractivity contribution is -0.130. The zero-order valence-electron chi connectivity index (χ0n) is 22.1. The van der Waals surface area contributed by atoms with Crippen molar-refractivity contribution in [2.24, 2.45) is 11.8 Å². The van der Waals surface area contributed by atoms with Crippen LogP contribution in [0.25, 0.3) is 10.9 Å². The lowest BCUT2D eigenvalue weighted by Crippen LogP contribution is -2.49. The van der Waals surface area contributed by atoms with E-state index in [0.717, 1.165) is 37.0 Å². The van der Waals surface area contributed by atoms with E-state index < -0.39 is 0 Å². The van der Waals surface area contributed by atoms with E-state index in [9.17, 15) is 9.59 Å². The molecule has 1 aromatic heterocycles. The van der Waals surface area contributed by atoms with Crippen LogP contribution in [0.4, 0.5) is 5.69 Å². The smallest absolute Gasteiger partial charge is 0.228 e. The Kier molecular flexibility index (Phi) is 7.91. The van der Waals surface area contributed by atoms with Crippen molar-refractivity contribution >= 4 is 28.4 Å². The second-order valence-corrected chi connectivity index (χ2v) is 11.0. The van der Waals surface area contributed by atoms with Crippen LogP contribution in [0, 0.1) is 11.8 Å². The molecule has 1 fully saturated rings. The molecule has 5 rings (SSSR count). The molecule has 0 unspecified atom stereocenters. The van der Waals surface area contributed by atoms with Crippen molar-refractivity contribution in [1.29, 1.82) is 0 Å². The monoisotopic (exact) mass is 501 g/mol. The minimum Gasteiger partial charge on any atom is -0.361 e. The Labute approximate surface area is 219 Å². The molecule has 3 aromatic rings. The van der Waals surface area contributed by atoms with Crippen LogP contribution < -0.4 is 10.6 Å². The summed E-state index contributed by atoms with van der Waals surface area (Å²) in [5, 5.41) is 7.48. The standard InChI is InChI=1S/C30H39N5O2/c1-34(2)14-6-13-31-29(36)23-15-24(30(37)33-26-12-11-21-7-5-8-22(21)16-26)19-35(18-23)20-25-17-32-28-10-4-3-9-27(25)28/h3-4,9-12,16-17,23-24,32H,5-8,13-15,18-20H2,1-2H3,(H,31,36)(H,33,37)/t23-,24+/m0/s1. The van der Waals surface area contributed by atoms with Crippen LogP contribution >= 0.6 is 0 Å². The third-order valence-electron chi connectivity index (χ3n) is 7.78. The van der Waals surface area contributed by atoms with E-state index in [0.29, 0.717) is 32.6 Å². The van der Waals surface area contributed by atoms with Gasteiger partial charge in [0, 0.05) is 49.0 Å². The molecule has 2 heterocycles. The van der Waals surface area contributed by atoms with Gasteiger partial charge in [-0.05, 0) is 87.6 Å². The first kappa shape index (κ1) is 25.5. The zero-order valence-corrected chi connectivity index (χ0v) is 22.1. The van der Waals surface area contributed by atoms with Crippen LogP contribution in [0.2, 0.25) is 0 Å². The van der Waals surface area contributed by atoms with Crippen molar-refractivity contribution in [3.8, 4) is 0 Å². The van der Waals surface area contributed by atoms with Gasteiger partial charge in [-0.25, -0.2) is 0 Å². The van der Waals surface area contributed by atoms with Crippen LogP contribution in [-0.2, 0) is 29.0 Å². The minimum absolute atomic E-state index is 0.00646. The number of anilines is 1. The van der Waals surface area contributed by atoms with Gasteiger partial charge < -0.3 is 20.5 Å². The molecule has 0 bridgehead atoms. The van der Waals surface area contributed by atoms with Gasteiger partial charge in [0.25, 0.3) is 0 Å². The van der Waals surface area contributed by atoms with Gasteiger partial charge in [0.15, 0.2) is 0 Å². The highest BCUT2D eigenvalue weighted by Gasteiger charge is 2.35. The van der Waals surface area contributed by atoms with Crippen LogP contribution in [0.1, 0.15) is 36.0 Å². The van der Waals surface area contributed by atoms with E-state index in [1.165, 1.54) is 28.5 Å². The first-order valence-corrected chi connectivity index (χ1v) is 13.6. The predicted molar refractivity (Wildman–Crippen MR) is 148 cm³/mol. The molecule has 37 heavy (non-hydrogen) atoms. The Morgan fingerprint density at radius 3 is 2.65 bits per heavy atom. The normalized spacial score (nSPS) is 19.8. The Hall–Kier alpha value is -3.16. The molecule has 2 aliphatic rings. The molecule has 7 nitrogen and oxygen atoms in total. The van der Waals surface area contributed by atoms with Crippen LogP contribution in [0.3, 0.4) is 0 Å². The van der Waals surface area contributed by atoms with Gasteiger partial charge in [0.2, 0.25) is 11.8 Å². The largest absolute Gasteiger partial charge is 0.361 e. The summed E-state index contributed by atoms with van der Waals surface area (Å²) < 4.78 is 0. The number of hydrogen-bond donors (Lipinski definition) is 3. The number of para-hydroxylation sites is 1. The van der Waals surface area contributed by atoms with Crippen molar-refractivity contribution in [3.05, 3.63) is 65.4 Å². The van der Waals surface area contributed by atoms with Crippen molar-refractivity contribution < 1.29 is 9.59 Å². The van der Waals surface area contributed by atoms with E-state index in [2.05, 4.69) is 55.9 Å². The maximum absolute atomic E-state index is 13.5. The molecule has 0 radical (unpaired) electrons. The lowest BCUT2D eigenvalue weighted by Gasteiger charge is -2.36. The van der Waals surface area contributed by atoms with Gasteiger partial charge in [-0.15, -0.1) is 0 Å². The first-order chi connectivity index (χ1) is 18.0. The number of rotatable bonds is 9. The topological polar surface area (TPSA) is 80.5 Å². The number of aromatic amines is 1. The third kappa shape index (κ3) is 6.22. The molecule has 1 aliphatic heterocycles. The highest BCUT2D eigenvalue weighted by atomic mass is 16.2. The van der Waals surface area contributed by atoms with Gasteiger partial charge in [-0.1, -0.05) is 24.3 Å². The summed E-state index contributed by atoms with van der Waals surface area (Å²) in [6.07, 6.45) is 6.92. The second kappa shape index (κ2) is 11.5. The second-order valence-electron chi connectivity index (χ2n) is 11.0. The predicted octanol–water partition coefficient (Wildman–Crippen LogP) is 3.80. The summed E-state index contributed by atoms with van der Waals surface area (Å²) in [4.78, 5) is 34.4. The molecule has 7 heteroatoms. The number of nitrogens with zero attached hydrogens (tertiary/aromatic N) is 2. The van der Waals surface area contributed by atoms with Crippen molar-refractivity contribution in [3.63, 3.8) is 0 Å². The van der Waals surface area contributed by atoms with E-state index in [4.69, 9.17) is 0 Å². The molecule has 2 atom stereocenters. The molecule has 2 aromatic carbocycles. The molecular weight excluding hydrogens is 462 g/mol. The zero-order chi connectivity index (χ0) is 25.8. The summed E-state index contributed by atoms with van der Waals surface area (Å²) >= 11 is 0. The van der Waals surface area contributed by atoms with Crippen LogP contribution in [0.5, 0.6) is 0 Å². The van der Waals surface area contributed by atoms with Gasteiger partial charge in [0.1, 0.15) is 0 Å². The molecular formula is C30H39N5O2. The average molecular weight is 502 g/mol. The number of carbonyl (C=O) groups is 2. The Balaban J connectivity index is 1.29. The van der Waals surface area contributed by atoms with Gasteiger partial charge in [0.05, 0.1) is 11.8 Å². The fraction of sp³-hybridized carbons (Fsp3) is 0.467. The number of likely N-dealkylation sites (tertiary alicyclic amines) is 1. The van der Waals surface area contributed by atoms with Crippen molar-refractivity contribution in [1.82, 2.24) is 20.1 Å². The quantitative estimate of drug-likeness (QED) is 0.390.